The lowest BCUT2D eigenvalue weighted by Gasteiger charge is -2.36. The standard InChI is InChI=1S/C13H26N4O3.HI/c1-10(18)9-15-11(14)16-5-7-17(8-6-16)12(19)20-13(2,3)4;/h10,18H,5-9H2,1-4H3,(H2,14,15);1H. The highest BCUT2D eigenvalue weighted by Gasteiger charge is 2.26. The number of carbonyl (C=O) groups excluding carboxylic acids is 1. The topological polar surface area (TPSA) is 91.4 Å². The summed E-state index contributed by atoms with van der Waals surface area (Å²) in [6.07, 6.45) is -0.798. The lowest BCUT2D eigenvalue weighted by molar-refractivity contribution is 0.0186. The zero-order valence-corrected chi connectivity index (χ0v) is 15.5. The minimum Gasteiger partial charge on any atom is -0.444 e. The molecule has 1 fully saturated rings. The molecule has 1 unspecified atom stereocenters. The van der Waals surface area contributed by atoms with E-state index in [0.717, 1.165) is 0 Å². The number of hydrogen-bond acceptors (Lipinski definition) is 4. The molecule has 1 saturated heterocycles. The molecule has 1 amide bonds. The van der Waals surface area contributed by atoms with Crippen molar-refractivity contribution >= 4 is 36.0 Å². The fourth-order valence-electron chi connectivity index (χ4n) is 1.77. The summed E-state index contributed by atoms with van der Waals surface area (Å²) in [6.45, 7) is 9.85. The third kappa shape index (κ3) is 7.70. The molecule has 7 nitrogen and oxygen atoms in total. The summed E-state index contributed by atoms with van der Waals surface area (Å²) in [5, 5.41) is 9.17. The molecule has 0 saturated carbocycles. The quantitative estimate of drug-likeness (QED) is 0.397. The van der Waals surface area contributed by atoms with Gasteiger partial charge in [0.2, 0.25) is 0 Å². The van der Waals surface area contributed by atoms with Crippen LogP contribution in [0.2, 0.25) is 0 Å². The molecule has 0 aromatic carbocycles. The molecule has 8 heteroatoms. The summed E-state index contributed by atoms with van der Waals surface area (Å²) in [5.41, 5.74) is 5.37. The summed E-state index contributed by atoms with van der Waals surface area (Å²) in [6, 6.07) is 0. The van der Waals surface area contributed by atoms with E-state index in [2.05, 4.69) is 4.99 Å². The number of amides is 1. The lowest BCUT2D eigenvalue weighted by Crippen LogP contribution is -2.53. The van der Waals surface area contributed by atoms with E-state index < -0.39 is 11.7 Å². The molecular formula is C13H27IN4O3. The van der Waals surface area contributed by atoms with Crippen LogP contribution in [0.1, 0.15) is 27.7 Å². The first-order valence-electron chi connectivity index (χ1n) is 6.90. The Hall–Kier alpha value is -0.770. The molecule has 1 heterocycles. The number of hydrogen-bond donors (Lipinski definition) is 2. The van der Waals surface area contributed by atoms with Gasteiger partial charge < -0.3 is 25.4 Å². The number of ether oxygens (including phenoxy) is 1. The first-order valence-corrected chi connectivity index (χ1v) is 6.90. The number of aliphatic hydroxyl groups excluding tert-OH is 1. The van der Waals surface area contributed by atoms with Crippen LogP contribution in [0, 0.1) is 0 Å². The highest BCUT2D eigenvalue weighted by atomic mass is 127. The van der Waals surface area contributed by atoms with Gasteiger partial charge in [-0.1, -0.05) is 0 Å². The number of carbonyl (C=O) groups is 1. The average molecular weight is 414 g/mol. The maximum Gasteiger partial charge on any atom is 0.410 e. The molecule has 21 heavy (non-hydrogen) atoms. The van der Waals surface area contributed by atoms with Crippen molar-refractivity contribution in [2.24, 2.45) is 10.7 Å². The van der Waals surface area contributed by atoms with Gasteiger partial charge in [-0.3, -0.25) is 4.99 Å². The van der Waals surface area contributed by atoms with Gasteiger partial charge in [-0.25, -0.2) is 4.79 Å². The molecule has 0 spiro atoms. The Balaban J connectivity index is 0.00000400. The number of guanidine groups is 1. The number of piperazine rings is 1. The Morgan fingerprint density at radius 3 is 2.19 bits per heavy atom. The number of nitrogens with zero attached hydrogens (tertiary/aromatic N) is 3. The molecule has 0 radical (unpaired) electrons. The van der Waals surface area contributed by atoms with E-state index in [9.17, 15) is 9.90 Å². The lowest BCUT2D eigenvalue weighted by atomic mass is 10.2. The molecule has 0 aliphatic carbocycles. The number of aliphatic hydroxyl groups is 1. The summed E-state index contributed by atoms with van der Waals surface area (Å²) >= 11 is 0. The van der Waals surface area contributed by atoms with Gasteiger partial charge in [0.1, 0.15) is 5.60 Å². The molecule has 0 aromatic rings. The van der Waals surface area contributed by atoms with Crippen molar-refractivity contribution in [3.8, 4) is 0 Å². The van der Waals surface area contributed by atoms with Crippen LogP contribution >= 0.6 is 24.0 Å². The summed E-state index contributed by atoms with van der Waals surface area (Å²) < 4.78 is 5.33. The van der Waals surface area contributed by atoms with Gasteiger partial charge in [0.25, 0.3) is 0 Å². The van der Waals surface area contributed by atoms with Crippen LogP contribution in [0.5, 0.6) is 0 Å². The van der Waals surface area contributed by atoms with E-state index in [0.29, 0.717) is 32.1 Å². The van der Waals surface area contributed by atoms with Crippen LogP contribution in [0.4, 0.5) is 4.79 Å². The molecular weight excluding hydrogens is 387 g/mol. The van der Waals surface area contributed by atoms with Gasteiger partial charge in [0.15, 0.2) is 5.96 Å². The van der Waals surface area contributed by atoms with Crippen LogP contribution in [-0.2, 0) is 4.74 Å². The van der Waals surface area contributed by atoms with Crippen molar-refractivity contribution in [2.45, 2.75) is 39.4 Å². The van der Waals surface area contributed by atoms with Gasteiger partial charge in [-0.2, -0.15) is 0 Å². The highest BCUT2D eigenvalue weighted by Crippen LogP contribution is 2.11. The van der Waals surface area contributed by atoms with Gasteiger partial charge in [0, 0.05) is 26.2 Å². The van der Waals surface area contributed by atoms with Crippen LogP contribution in [0.3, 0.4) is 0 Å². The van der Waals surface area contributed by atoms with Crippen molar-refractivity contribution in [3.05, 3.63) is 0 Å². The van der Waals surface area contributed by atoms with Crippen molar-refractivity contribution in [1.82, 2.24) is 9.80 Å². The first kappa shape index (κ1) is 20.2. The van der Waals surface area contributed by atoms with E-state index in [1.165, 1.54) is 0 Å². The van der Waals surface area contributed by atoms with Gasteiger partial charge in [-0.05, 0) is 27.7 Å². The summed E-state index contributed by atoms with van der Waals surface area (Å²) in [7, 11) is 0. The van der Waals surface area contributed by atoms with E-state index in [1.54, 1.807) is 11.8 Å². The van der Waals surface area contributed by atoms with Crippen LogP contribution in [0.15, 0.2) is 4.99 Å². The Morgan fingerprint density at radius 2 is 1.76 bits per heavy atom. The Labute approximate surface area is 143 Å². The fourth-order valence-corrected chi connectivity index (χ4v) is 1.77. The van der Waals surface area contributed by atoms with Gasteiger partial charge >= 0.3 is 6.09 Å². The minimum atomic E-state index is -0.503. The van der Waals surface area contributed by atoms with Crippen molar-refractivity contribution < 1.29 is 14.6 Å². The summed E-state index contributed by atoms with van der Waals surface area (Å²) in [4.78, 5) is 19.6. The normalized spacial score (nSPS) is 18.0. The Bertz CT molecular complexity index is 361. The molecule has 1 atom stereocenters. The second kappa shape index (κ2) is 8.62. The number of aliphatic imine (C=N–C) groups is 1. The highest BCUT2D eigenvalue weighted by molar-refractivity contribution is 14.0. The second-order valence-electron chi connectivity index (χ2n) is 6.00. The largest absolute Gasteiger partial charge is 0.444 e. The van der Waals surface area contributed by atoms with Crippen molar-refractivity contribution in [1.29, 1.82) is 0 Å². The zero-order chi connectivity index (χ0) is 15.3. The van der Waals surface area contributed by atoms with Crippen molar-refractivity contribution in [3.63, 3.8) is 0 Å². The maximum atomic E-state index is 11.9. The van der Waals surface area contributed by atoms with E-state index in [4.69, 9.17) is 10.5 Å². The summed E-state index contributed by atoms with van der Waals surface area (Å²) in [5.74, 6) is 0.412. The van der Waals surface area contributed by atoms with E-state index in [1.807, 2.05) is 25.7 Å². The second-order valence-corrected chi connectivity index (χ2v) is 6.00. The van der Waals surface area contributed by atoms with E-state index >= 15 is 0 Å². The number of rotatable bonds is 2. The molecule has 1 rings (SSSR count). The van der Waals surface area contributed by atoms with Crippen LogP contribution < -0.4 is 5.73 Å². The Morgan fingerprint density at radius 1 is 1.29 bits per heavy atom. The monoisotopic (exact) mass is 414 g/mol. The van der Waals surface area contributed by atoms with Gasteiger partial charge in [0.05, 0.1) is 12.6 Å². The SMILES string of the molecule is CC(O)CN=C(N)N1CCN(C(=O)OC(C)(C)C)CC1.I. The first-order chi connectivity index (χ1) is 9.19. The molecule has 3 N–H and O–H groups in total. The molecule has 0 bridgehead atoms. The third-order valence-corrected chi connectivity index (χ3v) is 2.77. The van der Waals surface area contributed by atoms with Crippen LogP contribution in [-0.4, -0.2) is 71.4 Å². The fraction of sp³-hybridized carbons (Fsp3) is 0.846. The third-order valence-electron chi connectivity index (χ3n) is 2.77. The maximum absolute atomic E-state index is 11.9. The van der Waals surface area contributed by atoms with E-state index in [-0.39, 0.29) is 36.6 Å². The molecule has 1 aliphatic rings. The Kier molecular flexibility index (Phi) is 8.30. The zero-order valence-electron chi connectivity index (χ0n) is 13.2. The molecule has 1 aliphatic heterocycles. The smallest absolute Gasteiger partial charge is 0.410 e. The van der Waals surface area contributed by atoms with Gasteiger partial charge in [-0.15, -0.1) is 24.0 Å². The number of nitrogens with two attached hydrogens (primary N) is 1. The minimum absolute atomic E-state index is 0. The van der Waals surface area contributed by atoms with Crippen molar-refractivity contribution in [2.75, 3.05) is 32.7 Å². The predicted octanol–water partition coefficient (Wildman–Crippen LogP) is 0.853. The predicted molar refractivity (Wildman–Crippen MR) is 93.0 cm³/mol. The number of halogens is 1. The molecule has 0 aromatic heterocycles. The molecule has 124 valence electrons. The average Bonchev–Trinajstić information content (AvgIpc) is 2.34. The van der Waals surface area contributed by atoms with Crippen LogP contribution in [0.25, 0.3) is 0 Å².